The largest absolute Gasteiger partial charge is 0.497 e. The number of ether oxygens (including phenoxy) is 2. The van der Waals surface area contributed by atoms with E-state index in [0.29, 0.717) is 16.7 Å². The lowest BCUT2D eigenvalue weighted by molar-refractivity contribution is 0.399. The maximum Gasteiger partial charge on any atom is 0.214 e. The Morgan fingerprint density at radius 3 is 2.75 bits per heavy atom. The molecule has 3 rings (SSSR count). The van der Waals surface area contributed by atoms with Gasteiger partial charge in [-0.25, -0.2) is 0 Å². The number of pyridine rings is 1. The molecular formula is C16H17N5O2S. The van der Waals surface area contributed by atoms with Crippen molar-refractivity contribution < 1.29 is 9.47 Å². The zero-order chi connectivity index (χ0) is 16.9. The lowest BCUT2D eigenvalue weighted by Crippen LogP contribution is -2.03. The highest BCUT2D eigenvalue weighted by Gasteiger charge is 2.18. The summed E-state index contributed by atoms with van der Waals surface area (Å²) >= 11 is 1.55. The molecule has 0 N–H and O–H groups in total. The Labute approximate surface area is 144 Å². The van der Waals surface area contributed by atoms with Crippen molar-refractivity contribution in [2.45, 2.75) is 17.3 Å². The van der Waals surface area contributed by atoms with Crippen LogP contribution in [0.5, 0.6) is 11.5 Å². The molecule has 2 aromatic heterocycles. The Kier molecular flexibility index (Phi) is 4.95. The van der Waals surface area contributed by atoms with E-state index in [1.807, 2.05) is 36.5 Å². The predicted molar refractivity (Wildman–Crippen MR) is 90.8 cm³/mol. The summed E-state index contributed by atoms with van der Waals surface area (Å²) in [5.41, 5.74) is 1.83. The molecule has 124 valence electrons. The van der Waals surface area contributed by atoms with Crippen molar-refractivity contribution >= 4 is 11.8 Å². The van der Waals surface area contributed by atoms with Gasteiger partial charge >= 0.3 is 0 Å². The lowest BCUT2D eigenvalue weighted by Gasteiger charge is -2.13. The summed E-state index contributed by atoms with van der Waals surface area (Å²) in [5, 5.41) is 12.9. The molecule has 0 saturated carbocycles. The van der Waals surface area contributed by atoms with Gasteiger partial charge in [0.2, 0.25) is 5.16 Å². The van der Waals surface area contributed by atoms with Gasteiger partial charge in [-0.2, -0.15) is 4.68 Å². The molecule has 2 heterocycles. The Morgan fingerprint density at radius 1 is 1.17 bits per heavy atom. The molecule has 1 aromatic carbocycles. The second-order valence-corrected chi connectivity index (χ2v) is 6.27. The van der Waals surface area contributed by atoms with E-state index in [4.69, 9.17) is 9.47 Å². The molecule has 0 amide bonds. The number of benzene rings is 1. The average molecular weight is 343 g/mol. The molecule has 3 aromatic rings. The quantitative estimate of drug-likeness (QED) is 0.637. The molecule has 0 radical (unpaired) electrons. The number of methoxy groups -OCH3 is 2. The second-order valence-electron chi connectivity index (χ2n) is 4.96. The van der Waals surface area contributed by atoms with Crippen LogP contribution >= 0.6 is 11.8 Å². The molecule has 0 bridgehead atoms. The van der Waals surface area contributed by atoms with E-state index in [0.717, 1.165) is 11.3 Å². The number of hydrogen-bond donors (Lipinski definition) is 0. The van der Waals surface area contributed by atoms with Gasteiger partial charge in [0.1, 0.15) is 17.2 Å². The second kappa shape index (κ2) is 7.31. The van der Waals surface area contributed by atoms with E-state index in [-0.39, 0.29) is 5.25 Å². The third-order valence-electron chi connectivity index (χ3n) is 3.49. The summed E-state index contributed by atoms with van der Waals surface area (Å²) in [4.78, 5) is 4.16. The molecule has 1 unspecified atom stereocenters. The van der Waals surface area contributed by atoms with Crippen molar-refractivity contribution in [2.24, 2.45) is 0 Å². The van der Waals surface area contributed by atoms with Gasteiger partial charge in [0.25, 0.3) is 0 Å². The summed E-state index contributed by atoms with van der Waals surface area (Å²) in [6.45, 7) is 2.09. The van der Waals surface area contributed by atoms with E-state index in [2.05, 4.69) is 27.4 Å². The zero-order valence-electron chi connectivity index (χ0n) is 13.6. The van der Waals surface area contributed by atoms with Crippen molar-refractivity contribution in [3.8, 4) is 17.2 Å². The van der Waals surface area contributed by atoms with Crippen LogP contribution in [0.2, 0.25) is 0 Å². The fourth-order valence-electron chi connectivity index (χ4n) is 2.21. The molecule has 0 saturated heterocycles. The first kappa shape index (κ1) is 16.3. The van der Waals surface area contributed by atoms with Gasteiger partial charge in [0.15, 0.2) is 0 Å². The minimum atomic E-state index is 0.153. The first-order valence-electron chi connectivity index (χ1n) is 7.30. The van der Waals surface area contributed by atoms with Crippen LogP contribution in [0.3, 0.4) is 0 Å². The normalized spacial score (nSPS) is 12.0. The summed E-state index contributed by atoms with van der Waals surface area (Å²) in [6, 6.07) is 9.45. The number of aromatic nitrogens is 5. The molecule has 7 nitrogen and oxygen atoms in total. The smallest absolute Gasteiger partial charge is 0.214 e. The van der Waals surface area contributed by atoms with Crippen molar-refractivity contribution in [2.75, 3.05) is 14.2 Å². The number of rotatable bonds is 6. The third kappa shape index (κ3) is 3.33. The molecule has 0 fully saturated rings. The van der Waals surface area contributed by atoms with Crippen LogP contribution in [0.15, 0.2) is 47.9 Å². The Balaban J connectivity index is 1.93. The van der Waals surface area contributed by atoms with Crippen LogP contribution in [0.25, 0.3) is 5.69 Å². The lowest BCUT2D eigenvalue weighted by atomic mass is 10.2. The fourth-order valence-corrected chi connectivity index (χ4v) is 3.12. The highest BCUT2D eigenvalue weighted by molar-refractivity contribution is 7.99. The highest BCUT2D eigenvalue weighted by Crippen LogP contribution is 2.35. The molecular weight excluding hydrogens is 326 g/mol. The van der Waals surface area contributed by atoms with Gasteiger partial charge in [0.05, 0.1) is 14.2 Å². The summed E-state index contributed by atoms with van der Waals surface area (Å²) in [6.07, 6.45) is 3.60. The molecule has 1 atom stereocenters. The van der Waals surface area contributed by atoms with Crippen LogP contribution < -0.4 is 9.47 Å². The van der Waals surface area contributed by atoms with Crippen LogP contribution in [0.4, 0.5) is 0 Å². The summed E-state index contributed by atoms with van der Waals surface area (Å²) < 4.78 is 12.4. The van der Waals surface area contributed by atoms with Crippen molar-refractivity contribution in [3.05, 3.63) is 48.3 Å². The number of nitrogens with zero attached hydrogens (tertiary/aromatic N) is 5. The van der Waals surface area contributed by atoms with Gasteiger partial charge in [-0.15, -0.1) is 5.10 Å². The van der Waals surface area contributed by atoms with Gasteiger partial charge in [0, 0.05) is 23.7 Å². The molecule has 0 aliphatic carbocycles. The standard InChI is InChI=1S/C16H17N5O2S/c1-11(12-5-4-8-17-10-12)24-16-18-19-20-21(16)14-9-13(22-2)6-7-15(14)23-3/h4-11H,1-3H3. The predicted octanol–water partition coefficient (Wildman–Crippen LogP) is 2.93. The van der Waals surface area contributed by atoms with Crippen molar-refractivity contribution in [3.63, 3.8) is 0 Å². The Morgan fingerprint density at radius 2 is 2.04 bits per heavy atom. The van der Waals surface area contributed by atoms with E-state index >= 15 is 0 Å². The monoisotopic (exact) mass is 343 g/mol. The number of thioether (sulfide) groups is 1. The summed E-state index contributed by atoms with van der Waals surface area (Å²) in [7, 11) is 3.23. The molecule has 0 aliphatic heterocycles. The van der Waals surface area contributed by atoms with E-state index in [1.165, 1.54) is 0 Å². The average Bonchev–Trinajstić information content (AvgIpc) is 3.09. The summed E-state index contributed by atoms with van der Waals surface area (Å²) in [5.74, 6) is 1.37. The maximum absolute atomic E-state index is 5.42. The fraction of sp³-hybridized carbons (Fsp3) is 0.250. The van der Waals surface area contributed by atoms with Gasteiger partial charge in [-0.05, 0) is 41.1 Å². The zero-order valence-corrected chi connectivity index (χ0v) is 14.4. The van der Waals surface area contributed by atoms with Crippen LogP contribution in [-0.4, -0.2) is 39.4 Å². The Hall–Kier alpha value is -2.61. The highest BCUT2D eigenvalue weighted by atomic mass is 32.2. The van der Waals surface area contributed by atoms with Gasteiger partial charge in [-0.1, -0.05) is 17.8 Å². The first-order chi connectivity index (χ1) is 11.7. The topological polar surface area (TPSA) is 75.0 Å². The van der Waals surface area contributed by atoms with Gasteiger partial charge < -0.3 is 9.47 Å². The van der Waals surface area contributed by atoms with Crippen LogP contribution in [-0.2, 0) is 0 Å². The van der Waals surface area contributed by atoms with Crippen molar-refractivity contribution in [1.29, 1.82) is 0 Å². The van der Waals surface area contributed by atoms with E-state index in [9.17, 15) is 0 Å². The number of tetrazole rings is 1. The Bertz CT molecular complexity index is 809. The van der Waals surface area contributed by atoms with E-state index in [1.54, 1.807) is 36.9 Å². The van der Waals surface area contributed by atoms with E-state index < -0.39 is 0 Å². The minimum Gasteiger partial charge on any atom is -0.497 e. The maximum atomic E-state index is 5.42. The first-order valence-corrected chi connectivity index (χ1v) is 8.18. The molecule has 0 spiro atoms. The van der Waals surface area contributed by atoms with Gasteiger partial charge in [-0.3, -0.25) is 4.98 Å². The molecule has 24 heavy (non-hydrogen) atoms. The SMILES string of the molecule is COc1ccc(OC)c(-n2nnnc2SC(C)c2cccnc2)c1. The molecule has 0 aliphatic rings. The molecule has 8 heteroatoms. The third-order valence-corrected chi connectivity index (χ3v) is 4.58. The number of hydrogen-bond acceptors (Lipinski definition) is 7. The van der Waals surface area contributed by atoms with Crippen LogP contribution in [0, 0.1) is 0 Å². The van der Waals surface area contributed by atoms with Crippen molar-refractivity contribution in [1.82, 2.24) is 25.2 Å². The minimum absolute atomic E-state index is 0.153. The van der Waals surface area contributed by atoms with Crippen LogP contribution in [0.1, 0.15) is 17.7 Å².